The largest absolute Gasteiger partial charge is 0.377 e. The van der Waals surface area contributed by atoms with Gasteiger partial charge in [-0.1, -0.05) is 35.3 Å². The van der Waals surface area contributed by atoms with Gasteiger partial charge in [0.05, 0.1) is 16.4 Å². The number of nitro groups is 2. The number of hydrogen-bond donors (Lipinski definition) is 2. The summed E-state index contributed by atoms with van der Waals surface area (Å²) in [5.74, 6) is 0.0963. The minimum absolute atomic E-state index is 0.0233. The number of aliphatic hydroxyl groups excluding tert-OH is 1. The number of aromatic nitrogens is 2. The molecular weight excluding hydrogens is 527 g/mol. The highest BCUT2D eigenvalue weighted by Crippen LogP contribution is 2.23. The molecule has 1 unspecified atom stereocenters. The van der Waals surface area contributed by atoms with Crippen molar-refractivity contribution in [2.75, 3.05) is 26.2 Å². The highest BCUT2D eigenvalue weighted by atomic mass is 35.5. The van der Waals surface area contributed by atoms with Gasteiger partial charge in [-0.3, -0.25) is 25.2 Å². The fourth-order valence-electron chi connectivity index (χ4n) is 4.04. The third-order valence-corrected chi connectivity index (χ3v) is 6.15. The molecule has 0 aliphatic carbocycles. The third-order valence-electron chi connectivity index (χ3n) is 5.71. The molecular formula is C22H22Cl2N8O5. The zero-order chi connectivity index (χ0) is 26.5. The minimum atomic E-state index is -1.89. The third kappa shape index (κ3) is 6.31. The van der Waals surface area contributed by atoms with Crippen LogP contribution in [0.2, 0.25) is 10.3 Å². The van der Waals surface area contributed by atoms with Crippen LogP contribution >= 0.6 is 23.2 Å². The summed E-state index contributed by atoms with van der Waals surface area (Å²) in [5, 5.41) is 38.4. The van der Waals surface area contributed by atoms with Gasteiger partial charge in [0.1, 0.15) is 10.3 Å². The van der Waals surface area contributed by atoms with Gasteiger partial charge in [0, 0.05) is 51.2 Å². The van der Waals surface area contributed by atoms with E-state index in [1.807, 2.05) is 0 Å². The Kier molecular flexibility index (Phi) is 8.16. The molecule has 0 spiro atoms. The summed E-state index contributed by atoms with van der Waals surface area (Å²) in [5.41, 5.74) is 0.360. The van der Waals surface area contributed by atoms with Crippen molar-refractivity contribution in [3.8, 4) is 0 Å². The van der Waals surface area contributed by atoms with Crippen LogP contribution in [-0.4, -0.2) is 72.8 Å². The number of aliphatic hydroxyl groups is 1. The molecule has 2 aliphatic rings. The number of hydrogen-bond acceptors (Lipinski definition) is 11. The fourth-order valence-corrected chi connectivity index (χ4v) is 4.27. The van der Waals surface area contributed by atoms with Crippen LogP contribution in [0, 0.1) is 20.2 Å². The van der Waals surface area contributed by atoms with Gasteiger partial charge in [-0.25, -0.2) is 9.97 Å². The maximum Gasteiger partial charge on any atom is 0.318 e. The summed E-state index contributed by atoms with van der Waals surface area (Å²) in [7, 11) is 0. The number of nitrogens with zero attached hydrogens (tertiary/aromatic N) is 7. The normalized spacial score (nSPS) is 17.9. The molecule has 0 aromatic carbocycles. The lowest BCUT2D eigenvalue weighted by atomic mass is 10.1. The van der Waals surface area contributed by atoms with Gasteiger partial charge in [0.2, 0.25) is 5.84 Å². The molecule has 4 rings (SSSR count). The summed E-state index contributed by atoms with van der Waals surface area (Å²) in [6.07, 6.45) is 2.07. The molecule has 0 radical (unpaired) electrons. The van der Waals surface area contributed by atoms with E-state index in [2.05, 4.69) is 20.3 Å². The van der Waals surface area contributed by atoms with Crippen LogP contribution in [0.15, 0.2) is 64.9 Å². The lowest BCUT2D eigenvalue weighted by Crippen LogP contribution is -2.33. The van der Waals surface area contributed by atoms with Gasteiger partial charge >= 0.3 is 11.4 Å². The number of pyridine rings is 2. The highest BCUT2D eigenvalue weighted by molar-refractivity contribution is 6.29. The molecule has 0 saturated carbocycles. The highest BCUT2D eigenvalue weighted by Gasteiger charge is 2.36. The number of aliphatic imine (C=N–C) groups is 1. The predicted molar refractivity (Wildman–Crippen MR) is 135 cm³/mol. The van der Waals surface area contributed by atoms with Crippen molar-refractivity contribution in [2.45, 2.75) is 19.2 Å². The molecule has 2 aliphatic heterocycles. The SMILES string of the molecule is O=[N+]([O-])/C(=C\C(O)/C(=C1/NCCN1Cc1ccc(Cl)nc1)[N+](=O)[O-])C1=NCCN1Cc1ccc(Cl)nc1. The molecule has 1 atom stereocenters. The van der Waals surface area contributed by atoms with E-state index in [9.17, 15) is 25.3 Å². The van der Waals surface area contributed by atoms with Crippen molar-refractivity contribution in [3.05, 3.63) is 102 Å². The molecule has 0 bridgehead atoms. The molecule has 4 heterocycles. The van der Waals surface area contributed by atoms with E-state index >= 15 is 0 Å². The monoisotopic (exact) mass is 548 g/mol. The van der Waals surface area contributed by atoms with Crippen molar-refractivity contribution in [1.29, 1.82) is 0 Å². The van der Waals surface area contributed by atoms with E-state index in [1.165, 1.54) is 0 Å². The Labute approximate surface area is 221 Å². The number of amidine groups is 1. The van der Waals surface area contributed by atoms with Gasteiger partial charge in [-0.05, 0) is 23.3 Å². The first kappa shape index (κ1) is 26.3. The number of halogens is 2. The fraction of sp³-hybridized carbons (Fsp3) is 0.318. The van der Waals surface area contributed by atoms with Crippen LogP contribution in [0.5, 0.6) is 0 Å². The van der Waals surface area contributed by atoms with Crippen LogP contribution in [0.1, 0.15) is 11.1 Å². The van der Waals surface area contributed by atoms with E-state index in [-0.39, 0.29) is 24.7 Å². The van der Waals surface area contributed by atoms with E-state index < -0.39 is 27.3 Å². The van der Waals surface area contributed by atoms with Gasteiger partial charge in [-0.2, -0.15) is 0 Å². The molecule has 13 nitrogen and oxygen atoms in total. The summed E-state index contributed by atoms with van der Waals surface area (Å²) in [4.78, 5) is 38.1. The predicted octanol–water partition coefficient (Wildman–Crippen LogP) is 2.07. The first-order valence-corrected chi connectivity index (χ1v) is 11.9. The Morgan fingerprint density at radius 2 is 1.65 bits per heavy atom. The lowest BCUT2D eigenvalue weighted by molar-refractivity contribution is -0.438. The molecule has 1 fully saturated rings. The van der Waals surface area contributed by atoms with Crippen LogP contribution < -0.4 is 5.32 Å². The Morgan fingerprint density at radius 3 is 2.19 bits per heavy atom. The van der Waals surface area contributed by atoms with E-state index in [4.69, 9.17) is 23.2 Å². The zero-order valence-electron chi connectivity index (χ0n) is 19.3. The first-order valence-electron chi connectivity index (χ1n) is 11.1. The van der Waals surface area contributed by atoms with E-state index in [1.54, 1.807) is 46.5 Å². The summed E-state index contributed by atoms with van der Waals surface area (Å²) in [6, 6.07) is 6.68. The number of rotatable bonds is 9. The van der Waals surface area contributed by atoms with Crippen LogP contribution in [0.3, 0.4) is 0 Å². The molecule has 194 valence electrons. The van der Waals surface area contributed by atoms with Crippen LogP contribution in [-0.2, 0) is 13.1 Å². The Balaban J connectivity index is 1.61. The summed E-state index contributed by atoms with van der Waals surface area (Å²) < 4.78 is 0. The molecule has 37 heavy (non-hydrogen) atoms. The molecule has 0 amide bonds. The molecule has 1 saturated heterocycles. The second-order valence-corrected chi connectivity index (χ2v) is 8.97. The van der Waals surface area contributed by atoms with Gasteiger partial charge in [0.15, 0.2) is 11.9 Å². The van der Waals surface area contributed by atoms with E-state index in [0.29, 0.717) is 36.5 Å². The van der Waals surface area contributed by atoms with E-state index in [0.717, 1.165) is 17.2 Å². The zero-order valence-corrected chi connectivity index (χ0v) is 20.8. The van der Waals surface area contributed by atoms with Crippen molar-refractivity contribution in [3.63, 3.8) is 0 Å². The molecule has 2 aromatic rings. The van der Waals surface area contributed by atoms with Crippen LogP contribution in [0.25, 0.3) is 0 Å². The molecule has 2 N–H and O–H groups in total. The second kappa shape index (κ2) is 11.5. The van der Waals surface area contributed by atoms with Gasteiger partial charge in [-0.15, -0.1) is 0 Å². The second-order valence-electron chi connectivity index (χ2n) is 8.20. The Hall–Kier alpha value is -3.81. The topological polar surface area (TPSA) is 163 Å². The van der Waals surface area contributed by atoms with Crippen molar-refractivity contribution in [2.24, 2.45) is 4.99 Å². The standard InChI is InChI=1S/C22H22Cl2N8O5/c23-18-3-1-14(10-27-18)12-29-7-5-25-21(29)16(31(34)35)9-17(33)20(32(36)37)22-26-6-8-30(22)13-15-2-4-19(24)28-11-15/h1-4,9-11,17,26,33H,5-8,12-13H2/b16-9-,22-20+. The average molecular weight is 549 g/mol. The smallest absolute Gasteiger partial charge is 0.318 e. The maximum absolute atomic E-state index is 12.0. The van der Waals surface area contributed by atoms with Crippen molar-refractivity contribution < 1.29 is 15.0 Å². The maximum atomic E-state index is 12.0. The summed E-state index contributed by atoms with van der Waals surface area (Å²) in [6.45, 7) is 2.03. The van der Waals surface area contributed by atoms with Crippen molar-refractivity contribution in [1.82, 2.24) is 25.1 Å². The first-order chi connectivity index (χ1) is 17.7. The molecule has 15 heteroatoms. The van der Waals surface area contributed by atoms with Crippen LogP contribution in [0.4, 0.5) is 0 Å². The lowest BCUT2D eigenvalue weighted by Gasteiger charge is -2.20. The average Bonchev–Trinajstić information content (AvgIpc) is 3.50. The summed E-state index contributed by atoms with van der Waals surface area (Å²) >= 11 is 11.7. The quantitative estimate of drug-likeness (QED) is 0.269. The van der Waals surface area contributed by atoms with Gasteiger partial charge in [0.25, 0.3) is 0 Å². The number of nitrogens with one attached hydrogen (secondary N) is 1. The Bertz CT molecular complexity index is 1270. The minimum Gasteiger partial charge on any atom is -0.377 e. The Morgan fingerprint density at radius 1 is 1.03 bits per heavy atom. The van der Waals surface area contributed by atoms with Gasteiger partial charge < -0.3 is 20.2 Å². The molecule has 2 aromatic heterocycles. The van der Waals surface area contributed by atoms with Crippen molar-refractivity contribution >= 4 is 29.0 Å².